The lowest BCUT2D eigenvalue weighted by atomic mass is 9.86. The van der Waals surface area contributed by atoms with Crippen LogP contribution in [0, 0.1) is 13.8 Å². The van der Waals surface area contributed by atoms with Gasteiger partial charge in [-0.1, -0.05) is 24.3 Å². The fraction of sp³-hybridized carbons (Fsp3) is 0.323. The highest BCUT2D eigenvalue weighted by molar-refractivity contribution is 7.89. The minimum Gasteiger partial charge on any atom is -0.339 e. The van der Waals surface area contributed by atoms with E-state index in [9.17, 15) is 22.8 Å². The van der Waals surface area contributed by atoms with E-state index in [0.717, 1.165) is 16.8 Å². The lowest BCUT2D eigenvalue weighted by Gasteiger charge is -2.42. The van der Waals surface area contributed by atoms with Crippen molar-refractivity contribution in [1.29, 1.82) is 0 Å². The van der Waals surface area contributed by atoms with Crippen molar-refractivity contribution in [1.82, 2.24) is 9.21 Å². The van der Waals surface area contributed by atoms with Crippen LogP contribution < -0.4 is 15.5 Å². The number of carbonyl (C=O) groups is 3. The highest BCUT2D eigenvalue weighted by atomic mass is 32.2. The number of nitrogens with zero attached hydrogens (tertiary/aromatic N) is 3. The molecule has 3 aromatic carbocycles. The van der Waals surface area contributed by atoms with E-state index in [0.29, 0.717) is 11.4 Å². The molecule has 11 heteroatoms. The monoisotopic (exact) mass is 589 g/mol. The van der Waals surface area contributed by atoms with Gasteiger partial charge in [0.05, 0.1) is 11.6 Å². The van der Waals surface area contributed by atoms with Gasteiger partial charge in [0.25, 0.3) is 0 Å². The van der Waals surface area contributed by atoms with Crippen molar-refractivity contribution in [2.45, 2.75) is 44.0 Å². The predicted octanol–water partition coefficient (Wildman–Crippen LogP) is 3.73. The number of amides is 3. The maximum atomic E-state index is 14.0. The topological polar surface area (TPSA) is 119 Å². The second-order valence-electron chi connectivity index (χ2n) is 10.9. The van der Waals surface area contributed by atoms with Crippen LogP contribution >= 0.6 is 0 Å². The molecule has 0 aliphatic carbocycles. The Morgan fingerprint density at radius 2 is 1.50 bits per heavy atom. The van der Waals surface area contributed by atoms with Crippen molar-refractivity contribution >= 4 is 44.8 Å². The van der Waals surface area contributed by atoms with Crippen molar-refractivity contribution < 1.29 is 22.8 Å². The van der Waals surface area contributed by atoms with Crippen LogP contribution in [0.3, 0.4) is 0 Å². The molecule has 0 unspecified atom stereocenters. The van der Waals surface area contributed by atoms with Crippen molar-refractivity contribution in [2.75, 3.05) is 41.8 Å². The van der Waals surface area contributed by atoms with Gasteiger partial charge < -0.3 is 20.4 Å². The van der Waals surface area contributed by atoms with Crippen LogP contribution in [0.4, 0.5) is 17.1 Å². The number of nitrogens with one attached hydrogen (secondary N) is 2. The number of anilines is 3. The fourth-order valence-electron chi connectivity index (χ4n) is 5.67. The molecule has 2 fully saturated rings. The third-order valence-electron chi connectivity index (χ3n) is 8.07. The van der Waals surface area contributed by atoms with Crippen molar-refractivity contribution in [2.24, 2.45) is 0 Å². The third kappa shape index (κ3) is 5.75. The van der Waals surface area contributed by atoms with Gasteiger partial charge in [0.2, 0.25) is 27.7 Å². The van der Waals surface area contributed by atoms with E-state index in [4.69, 9.17) is 0 Å². The molecule has 0 atom stereocenters. The molecular weight excluding hydrogens is 554 g/mol. The molecule has 10 nitrogen and oxygen atoms in total. The number of hydrogen-bond acceptors (Lipinski definition) is 6. The van der Waals surface area contributed by atoms with E-state index >= 15 is 0 Å². The minimum atomic E-state index is -3.81. The second-order valence-corrected chi connectivity index (χ2v) is 12.8. The van der Waals surface area contributed by atoms with Gasteiger partial charge in [-0.15, -0.1) is 0 Å². The first-order valence-electron chi connectivity index (χ1n) is 13.9. The summed E-state index contributed by atoms with van der Waals surface area (Å²) in [5.41, 5.74) is 3.24. The average Bonchev–Trinajstić information content (AvgIpc) is 3.21. The zero-order valence-corrected chi connectivity index (χ0v) is 24.8. The molecule has 0 bridgehead atoms. The van der Waals surface area contributed by atoms with Crippen LogP contribution in [-0.2, 0) is 24.4 Å². The summed E-state index contributed by atoms with van der Waals surface area (Å²) in [6.45, 7) is 5.77. The molecule has 3 amide bonds. The molecule has 1 spiro atoms. The number of carbonyl (C=O) groups excluding carboxylic acids is 3. The summed E-state index contributed by atoms with van der Waals surface area (Å²) in [7, 11) is -3.81. The standard InChI is InChI=1S/C31H35N5O5S/c1-22-9-10-26(19-23(22)2)33-29(38)20-34-21-36(27-7-5-4-6-8-27)31(30(34)39)15-17-35(18-16-31)42(40,41)28-13-11-25(12-14-28)32-24(3)37/h4-14,19H,15-18,20-21H2,1-3H3,(H,32,37)(H,33,38). The molecule has 2 aliphatic heterocycles. The molecule has 220 valence electrons. The molecule has 2 heterocycles. The molecule has 2 aliphatic rings. The smallest absolute Gasteiger partial charge is 0.250 e. The summed E-state index contributed by atoms with van der Waals surface area (Å²) < 4.78 is 28.3. The molecule has 3 aromatic rings. The SMILES string of the molecule is CC(=O)Nc1ccc(S(=O)(=O)N2CCC3(CC2)C(=O)N(CC(=O)Nc2ccc(C)c(C)c2)CN3c2ccccc2)cc1. The number of para-hydroxylation sites is 1. The second kappa shape index (κ2) is 11.6. The number of piperidine rings is 1. The van der Waals surface area contributed by atoms with Gasteiger partial charge in [-0.3, -0.25) is 14.4 Å². The molecule has 0 saturated carbocycles. The Balaban J connectivity index is 1.33. The van der Waals surface area contributed by atoms with Gasteiger partial charge in [-0.25, -0.2) is 8.42 Å². The van der Waals surface area contributed by atoms with Gasteiger partial charge in [0, 0.05) is 37.1 Å². The molecule has 2 N–H and O–H groups in total. The molecule has 0 aromatic heterocycles. The highest BCUT2D eigenvalue weighted by Gasteiger charge is 2.55. The van der Waals surface area contributed by atoms with Gasteiger partial charge >= 0.3 is 0 Å². The lowest BCUT2D eigenvalue weighted by molar-refractivity contribution is -0.136. The van der Waals surface area contributed by atoms with Crippen molar-refractivity contribution in [3.8, 4) is 0 Å². The number of benzene rings is 3. The van der Waals surface area contributed by atoms with E-state index in [2.05, 4.69) is 10.6 Å². The molecule has 0 radical (unpaired) electrons. The van der Waals surface area contributed by atoms with Crippen LogP contribution in [-0.4, -0.2) is 67.2 Å². The first-order valence-corrected chi connectivity index (χ1v) is 15.3. The normalized spacial score (nSPS) is 17.0. The largest absolute Gasteiger partial charge is 0.339 e. The summed E-state index contributed by atoms with van der Waals surface area (Å²) in [5, 5.41) is 5.53. The van der Waals surface area contributed by atoms with Gasteiger partial charge in [0.1, 0.15) is 12.1 Å². The van der Waals surface area contributed by atoms with Crippen LogP contribution in [0.25, 0.3) is 0 Å². The summed E-state index contributed by atoms with van der Waals surface area (Å²) in [4.78, 5) is 42.0. The Morgan fingerprint density at radius 1 is 0.857 bits per heavy atom. The molecular formula is C31H35N5O5S. The fourth-order valence-corrected chi connectivity index (χ4v) is 7.12. The predicted molar refractivity (Wildman–Crippen MR) is 162 cm³/mol. The Labute approximate surface area is 246 Å². The summed E-state index contributed by atoms with van der Waals surface area (Å²) in [5.74, 6) is -0.717. The highest BCUT2D eigenvalue weighted by Crippen LogP contribution is 2.40. The van der Waals surface area contributed by atoms with Gasteiger partial charge in [0.15, 0.2) is 0 Å². The number of sulfonamides is 1. The summed E-state index contributed by atoms with van der Waals surface area (Å²) in [6.07, 6.45) is 0.554. The number of hydrogen-bond donors (Lipinski definition) is 2. The zero-order valence-electron chi connectivity index (χ0n) is 24.0. The Bertz CT molecular complexity index is 1600. The van der Waals surface area contributed by atoms with Crippen molar-refractivity contribution in [3.05, 3.63) is 83.9 Å². The minimum absolute atomic E-state index is 0.112. The van der Waals surface area contributed by atoms with E-state index in [-0.39, 0.29) is 61.8 Å². The van der Waals surface area contributed by atoms with E-state index in [1.54, 1.807) is 17.0 Å². The quantitative estimate of drug-likeness (QED) is 0.434. The zero-order chi connectivity index (χ0) is 30.1. The maximum Gasteiger partial charge on any atom is 0.250 e. The average molecular weight is 590 g/mol. The van der Waals surface area contributed by atoms with Crippen LogP contribution in [0.5, 0.6) is 0 Å². The van der Waals surface area contributed by atoms with Gasteiger partial charge in [-0.05, 0) is 86.3 Å². The molecule has 42 heavy (non-hydrogen) atoms. The molecule has 5 rings (SSSR count). The van der Waals surface area contributed by atoms with Crippen LogP contribution in [0.1, 0.15) is 30.9 Å². The Morgan fingerprint density at radius 3 is 2.12 bits per heavy atom. The van der Waals surface area contributed by atoms with E-state index < -0.39 is 15.6 Å². The number of aryl methyl sites for hydroxylation is 2. The van der Waals surface area contributed by atoms with E-state index in [1.807, 2.05) is 67.3 Å². The summed E-state index contributed by atoms with van der Waals surface area (Å²) >= 11 is 0. The summed E-state index contributed by atoms with van der Waals surface area (Å²) in [6, 6.07) is 21.3. The lowest BCUT2D eigenvalue weighted by Crippen LogP contribution is -2.57. The van der Waals surface area contributed by atoms with Crippen LogP contribution in [0.2, 0.25) is 0 Å². The van der Waals surface area contributed by atoms with Gasteiger partial charge in [-0.2, -0.15) is 4.31 Å². The van der Waals surface area contributed by atoms with Crippen molar-refractivity contribution in [3.63, 3.8) is 0 Å². The first-order chi connectivity index (χ1) is 20.0. The molecule has 2 saturated heterocycles. The van der Waals surface area contributed by atoms with E-state index in [1.165, 1.54) is 23.4 Å². The first kappa shape index (κ1) is 29.3. The third-order valence-corrected chi connectivity index (χ3v) is 9.98. The van der Waals surface area contributed by atoms with Crippen LogP contribution in [0.15, 0.2) is 77.7 Å². The Kier molecular flexibility index (Phi) is 8.07. The maximum absolute atomic E-state index is 14.0. The number of rotatable bonds is 7. The Hall–Kier alpha value is -4.22.